The number of anilines is 1. The quantitative estimate of drug-likeness (QED) is 0.432. The van der Waals surface area contributed by atoms with Gasteiger partial charge in [-0.2, -0.15) is 0 Å². The maximum absolute atomic E-state index is 5.92. The molecule has 1 aromatic rings. The molecule has 2 aliphatic rings. The first-order valence-corrected chi connectivity index (χ1v) is 9.72. The summed E-state index contributed by atoms with van der Waals surface area (Å²) in [6.07, 6.45) is 6.63. The first-order chi connectivity index (χ1) is 12.3. The fraction of sp³-hybridized carbons (Fsp3) is 0.650. The molecule has 0 aliphatic carbocycles. The normalized spacial score (nSPS) is 25.2. The predicted molar refractivity (Wildman–Crippen MR) is 104 cm³/mol. The number of ether oxygens (including phenoxy) is 1. The molecule has 2 bridgehead atoms. The van der Waals surface area contributed by atoms with Gasteiger partial charge in [0.15, 0.2) is 5.96 Å². The zero-order valence-electron chi connectivity index (χ0n) is 15.6. The lowest BCUT2D eigenvalue weighted by Crippen LogP contribution is -2.47. The minimum absolute atomic E-state index is 0.383. The minimum atomic E-state index is 0.383. The number of rotatable bonds is 8. The maximum Gasteiger partial charge on any atom is 0.191 e. The van der Waals surface area contributed by atoms with Gasteiger partial charge in [0, 0.05) is 32.4 Å². The molecule has 2 saturated heterocycles. The number of nitrogens with one attached hydrogen (secondary N) is 2. The number of nitrogens with zero attached hydrogens (tertiary/aromatic N) is 2. The standard InChI is InChI=1S/C20H32N4O/c1-3-21-20(23-18-15-17-11-12-19(18)25-17)22-13-7-8-14-24(2)16-9-5-4-6-10-16/h4-6,9-10,17-19H,3,7-8,11-15H2,1-2H3,(H2,21,22,23). The molecule has 2 N–H and O–H groups in total. The summed E-state index contributed by atoms with van der Waals surface area (Å²) < 4.78 is 5.92. The molecule has 0 spiro atoms. The van der Waals surface area contributed by atoms with E-state index in [2.05, 4.69) is 59.8 Å². The monoisotopic (exact) mass is 344 g/mol. The lowest BCUT2D eigenvalue weighted by Gasteiger charge is -2.22. The third-order valence-corrected chi connectivity index (χ3v) is 5.14. The van der Waals surface area contributed by atoms with Crippen LogP contribution in [0, 0.1) is 0 Å². The number of aliphatic imine (C=N–C) groups is 1. The van der Waals surface area contributed by atoms with E-state index in [0.29, 0.717) is 18.2 Å². The van der Waals surface area contributed by atoms with Crippen LogP contribution >= 0.6 is 0 Å². The highest BCUT2D eigenvalue weighted by Gasteiger charge is 2.41. The molecular weight excluding hydrogens is 312 g/mol. The Morgan fingerprint density at radius 3 is 2.76 bits per heavy atom. The number of hydrogen-bond acceptors (Lipinski definition) is 3. The van der Waals surface area contributed by atoms with Gasteiger partial charge in [-0.05, 0) is 51.2 Å². The number of guanidine groups is 1. The van der Waals surface area contributed by atoms with Crippen LogP contribution in [-0.2, 0) is 4.74 Å². The second-order valence-corrected chi connectivity index (χ2v) is 7.09. The van der Waals surface area contributed by atoms with Gasteiger partial charge in [-0.1, -0.05) is 18.2 Å². The summed E-state index contributed by atoms with van der Waals surface area (Å²) >= 11 is 0. The molecule has 3 atom stereocenters. The summed E-state index contributed by atoms with van der Waals surface area (Å²) in [5.74, 6) is 0.945. The Balaban J connectivity index is 1.38. The molecule has 5 nitrogen and oxygen atoms in total. The van der Waals surface area contributed by atoms with Gasteiger partial charge < -0.3 is 20.3 Å². The smallest absolute Gasteiger partial charge is 0.191 e. The van der Waals surface area contributed by atoms with E-state index < -0.39 is 0 Å². The second-order valence-electron chi connectivity index (χ2n) is 7.09. The van der Waals surface area contributed by atoms with Gasteiger partial charge in [0.1, 0.15) is 0 Å². The SMILES string of the molecule is CCNC(=NCCCCN(C)c1ccccc1)NC1CC2CCC1O2. The Kier molecular flexibility index (Phi) is 6.56. The third-order valence-electron chi connectivity index (χ3n) is 5.14. The van der Waals surface area contributed by atoms with Gasteiger partial charge in [0.05, 0.1) is 18.2 Å². The molecule has 3 rings (SSSR count). The van der Waals surface area contributed by atoms with Crippen LogP contribution in [0.2, 0.25) is 0 Å². The van der Waals surface area contributed by atoms with Gasteiger partial charge in [-0.25, -0.2) is 0 Å². The van der Waals surface area contributed by atoms with Gasteiger partial charge in [-0.3, -0.25) is 4.99 Å². The van der Waals surface area contributed by atoms with E-state index in [1.807, 2.05) is 0 Å². The van der Waals surface area contributed by atoms with Crippen LogP contribution in [-0.4, -0.2) is 50.9 Å². The van der Waals surface area contributed by atoms with Crippen LogP contribution in [0.25, 0.3) is 0 Å². The molecule has 0 radical (unpaired) electrons. The van der Waals surface area contributed by atoms with E-state index in [1.54, 1.807) is 0 Å². The fourth-order valence-corrected chi connectivity index (χ4v) is 3.75. The Bertz CT molecular complexity index is 548. The first-order valence-electron chi connectivity index (χ1n) is 9.72. The van der Waals surface area contributed by atoms with Gasteiger partial charge >= 0.3 is 0 Å². The Labute approximate surface area is 151 Å². The molecule has 2 heterocycles. The van der Waals surface area contributed by atoms with Crippen molar-refractivity contribution in [2.45, 2.75) is 57.3 Å². The average Bonchev–Trinajstić information content (AvgIpc) is 3.25. The van der Waals surface area contributed by atoms with Crippen molar-refractivity contribution in [2.75, 3.05) is 31.6 Å². The lowest BCUT2D eigenvalue weighted by molar-refractivity contribution is 0.0992. The van der Waals surface area contributed by atoms with E-state index >= 15 is 0 Å². The van der Waals surface area contributed by atoms with Crippen molar-refractivity contribution in [3.05, 3.63) is 30.3 Å². The van der Waals surface area contributed by atoms with Crippen LogP contribution in [0.3, 0.4) is 0 Å². The molecule has 0 amide bonds. The van der Waals surface area contributed by atoms with Crippen molar-refractivity contribution >= 4 is 11.6 Å². The Morgan fingerprint density at radius 1 is 1.24 bits per heavy atom. The van der Waals surface area contributed by atoms with Crippen molar-refractivity contribution in [1.82, 2.24) is 10.6 Å². The summed E-state index contributed by atoms with van der Waals surface area (Å²) in [6, 6.07) is 11.0. The molecule has 138 valence electrons. The molecule has 0 aromatic heterocycles. The van der Waals surface area contributed by atoms with Gasteiger partial charge in [-0.15, -0.1) is 0 Å². The lowest BCUT2D eigenvalue weighted by atomic mass is 9.96. The largest absolute Gasteiger partial charge is 0.375 e. The Hall–Kier alpha value is -1.75. The zero-order valence-corrected chi connectivity index (χ0v) is 15.6. The van der Waals surface area contributed by atoms with Crippen LogP contribution in [0.5, 0.6) is 0 Å². The van der Waals surface area contributed by atoms with E-state index in [1.165, 1.54) is 18.5 Å². The van der Waals surface area contributed by atoms with Crippen molar-refractivity contribution in [1.29, 1.82) is 0 Å². The molecule has 2 fully saturated rings. The highest BCUT2D eigenvalue weighted by molar-refractivity contribution is 5.80. The predicted octanol–water partition coefficient (Wildman–Crippen LogP) is 2.78. The molecular formula is C20H32N4O. The summed E-state index contributed by atoms with van der Waals surface area (Å²) in [7, 11) is 2.15. The van der Waals surface area contributed by atoms with Gasteiger partial charge in [0.25, 0.3) is 0 Å². The molecule has 3 unspecified atom stereocenters. The van der Waals surface area contributed by atoms with E-state index in [0.717, 1.165) is 44.9 Å². The number of fused-ring (bicyclic) bond motifs is 2. The highest BCUT2D eigenvalue weighted by Crippen LogP contribution is 2.34. The van der Waals surface area contributed by atoms with E-state index in [4.69, 9.17) is 9.73 Å². The number of hydrogen-bond donors (Lipinski definition) is 2. The van der Waals surface area contributed by atoms with E-state index in [9.17, 15) is 0 Å². The Morgan fingerprint density at radius 2 is 2.08 bits per heavy atom. The topological polar surface area (TPSA) is 48.9 Å². The van der Waals surface area contributed by atoms with E-state index in [-0.39, 0.29) is 0 Å². The van der Waals surface area contributed by atoms with Crippen molar-refractivity contribution < 1.29 is 4.74 Å². The van der Waals surface area contributed by atoms with Crippen LogP contribution in [0.15, 0.2) is 35.3 Å². The number of benzene rings is 1. The minimum Gasteiger partial charge on any atom is -0.375 e. The maximum atomic E-state index is 5.92. The summed E-state index contributed by atoms with van der Waals surface area (Å²) in [5.41, 5.74) is 1.28. The van der Waals surface area contributed by atoms with Crippen molar-refractivity contribution in [3.63, 3.8) is 0 Å². The third kappa shape index (κ3) is 5.11. The summed E-state index contributed by atoms with van der Waals surface area (Å²) in [6.45, 7) is 4.93. The molecule has 2 aliphatic heterocycles. The summed E-state index contributed by atoms with van der Waals surface area (Å²) in [5, 5.41) is 6.94. The van der Waals surface area contributed by atoms with Gasteiger partial charge in [0.2, 0.25) is 0 Å². The van der Waals surface area contributed by atoms with Crippen molar-refractivity contribution in [2.24, 2.45) is 4.99 Å². The van der Waals surface area contributed by atoms with Crippen molar-refractivity contribution in [3.8, 4) is 0 Å². The fourth-order valence-electron chi connectivity index (χ4n) is 3.75. The number of para-hydroxylation sites is 1. The molecule has 1 aromatic carbocycles. The van der Waals surface area contributed by atoms with Crippen LogP contribution in [0.4, 0.5) is 5.69 Å². The first kappa shape index (κ1) is 18.1. The average molecular weight is 345 g/mol. The molecule has 25 heavy (non-hydrogen) atoms. The second kappa shape index (κ2) is 9.09. The highest BCUT2D eigenvalue weighted by atomic mass is 16.5. The summed E-state index contributed by atoms with van der Waals surface area (Å²) in [4.78, 5) is 7.06. The number of unbranched alkanes of at least 4 members (excludes halogenated alkanes) is 1. The zero-order chi connectivity index (χ0) is 17.5. The molecule has 5 heteroatoms. The molecule has 0 saturated carbocycles. The van der Waals surface area contributed by atoms with Crippen LogP contribution in [0.1, 0.15) is 39.0 Å². The van der Waals surface area contributed by atoms with Crippen LogP contribution < -0.4 is 15.5 Å².